The Morgan fingerprint density at radius 3 is 1.89 bits per heavy atom. The lowest BCUT2D eigenvalue weighted by Crippen LogP contribution is -2.69. The minimum atomic E-state index is -2.66. The second-order valence-electron chi connectivity index (χ2n) is 17.4. The average molecular weight is 617 g/mol. The molecule has 4 aliphatic carbocycles. The lowest BCUT2D eigenvalue weighted by molar-refractivity contribution is -0.201. The summed E-state index contributed by atoms with van der Waals surface area (Å²) in [5.41, 5.74) is -0.482. The van der Waals surface area contributed by atoms with Crippen molar-refractivity contribution in [2.24, 2.45) is 34.5 Å². The van der Waals surface area contributed by atoms with E-state index in [0.29, 0.717) is 23.7 Å². The van der Waals surface area contributed by atoms with Gasteiger partial charge in [0.25, 0.3) is 8.32 Å². The smallest absolute Gasteiger partial charge is 0.261 e. The standard InChI is InChI=1S/C39H56O4Si/c1-35(2,3)44(27-15-11-9-12-16-27,28-17-13-10-14-18-28)43-26-19-22-37(6)29-20-23-38(7)30(21-24-39(38,8)40)32(29)34-33(31(37)25-26)41-36(4,5)42-34/h9-18,26,29-34,40H,19-25H2,1-8H3/t26-,29-,30-,31+,32+,33+,34+,37+,38-,39-/m0/s1. The molecule has 2 aromatic rings. The van der Waals surface area contributed by atoms with Crippen molar-refractivity contribution < 1.29 is 19.0 Å². The number of aliphatic hydroxyl groups is 1. The molecule has 0 bridgehead atoms. The molecule has 1 aliphatic heterocycles. The van der Waals surface area contributed by atoms with Gasteiger partial charge in [-0.1, -0.05) is 95.3 Å². The fourth-order valence-electron chi connectivity index (χ4n) is 11.4. The van der Waals surface area contributed by atoms with Crippen LogP contribution in [-0.4, -0.2) is 43.1 Å². The number of fused-ring (bicyclic) bond motifs is 8. The van der Waals surface area contributed by atoms with Gasteiger partial charge in [0.1, 0.15) is 0 Å². The van der Waals surface area contributed by atoms with Crippen LogP contribution in [-0.2, 0) is 13.9 Å². The summed E-state index contributed by atoms with van der Waals surface area (Å²) in [5.74, 6) is 1.30. The van der Waals surface area contributed by atoms with E-state index in [1.165, 1.54) is 16.8 Å². The first kappa shape index (κ1) is 31.1. The fraction of sp³-hybridized carbons (Fsp3) is 0.692. The molecule has 0 unspecified atom stereocenters. The van der Waals surface area contributed by atoms with Crippen LogP contribution in [0.5, 0.6) is 0 Å². The van der Waals surface area contributed by atoms with Crippen molar-refractivity contribution in [2.75, 3.05) is 0 Å². The van der Waals surface area contributed by atoms with Crippen LogP contribution in [0.2, 0.25) is 5.04 Å². The minimum absolute atomic E-state index is 0.0428. The topological polar surface area (TPSA) is 47.9 Å². The molecule has 4 saturated carbocycles. The van der Waals surface area contributed by atoms with Gasteiger partial charge in [-0.25, -0.2) is 0 Å². The normalized spacial score (nSPS) is 43.1. The number of rotatable bonds is 4. The second kappa shape index (κ2) is 10.2. The van der Waals surface area contributed by atoms with Gasteiger partial charge in [-0.15, -0.1) is 0 Å². The molecule has 10 atom stereocenters. The monoisotopic (exact) mass is 616 g/mol. The maximum Gasteiger partial charge on any atom is 0.261 e. The second-order valence-corrected chi connectivity index (χ2v) is 21.7. The molecule has 5 fully saturated rings. The van der Waals surface area contributed by atoms with E-state index >= 15 is 0 Å². The van der Waals surface area contributed by atoms with Gasteiger partial charge in [-0.3, -0.25) is 0 Å². The van der Waals surface area contributed by atoms with Crippen LogP contribution in [0, 0.1) is 34.5 Å². The molecule has 7 rings (SSSR count). The van der Waals surface area contributed by atoms with Crippen molar-refractivity contribution in [1.82, 2.24) is 0 Å². The molecule has 1 heterocycles. The van der Waals surface area contributed by atoms with Crippen molar-refractivity contribution in [3.8, 4) is 0 Å². The van der Waals surface area contributed by atoms with Gasteiger partial charge in [0.2, 0.25) is 0 Å². The van der Waals surface area contributed by atoms with E-state index in [4.69, 9.17) is 13.9 Å². The Hall–Kier alpha value is -1.50. The number of benzene rings is 2. The van der Waals surface area contributed by atoms with Gasteiger partial charge in [-0.2, -0.15) is 0 Å². The fourth-order valence-corrected chi connectivity index (χ4v) is 16.2. The Morgan fingerprint density at radius 2 is 1.30 bits per heavy atom. The van der Waals surface area contributed by atoms with Gasteiger partial charge in [0.15, 0.2) is 5.79 Å². The van der Waals surface area contributed by atoms with Crippen molar-refractivity contribution in [3.05, 3.63) is 60.7 Å². The Balaban J connectivity index is 1.26. The summed E-state index contributed by atoms with van der Waals surface area (Å²) in [5, 5.41) is 14.3. The van der Waals surface area contributed by atoms with E-state index in [2.05, 4.69) is 116 Å². The maximum atomic E-state index is 11.6. The molecule has 0 spiro atoms. The van der Waals surface area contributed by atoms with Crippen molar-refractivity contribution >= 4 is 18.7 Å². The molecular formula is C39H56O4Si. The zero-order valence-electron chi connectivity index (χ0n) is 28.4. The van der Waals surface area contributed by atoms with Gasteiger partial charge < -0.3 is 19.0 Å². The molecule has 0 radical (unpaired) electrons. The maximum absolute atomic E-state index is 11.6. The van der Waals surface area contributed by atoms with E-state index in [9.17, 15) is 5.11 Å². The third kappa shape index (κ3) is 4.42. The van der Waals surface area contributed by atoms with Crippen LogP contribution in [0.1, 0.15) is 100 Å². The molecule has 44 heavy (non-hydrogen) atoms. The highest BCUT2D eigenvalue weighted by Crippen LogP contribution is 2.70. The highest BCUT2D eigenvalue weighted by molar-refractivity contribution is 6.99. The highest BCUT2D eigenvalue weighted by Gasteiger charge is 2.70. The van der Waals surface area contributed by atoms with Crippen molar-refractivity contribution in [1.29, 1.82) is 0 Å². The Bertz CT molecular complexity index is 1310. The molecule has 5 aliphatic rings. The van der Waals surface area contributed by atoms with Gasteiger partial charge in [0, 0.05) is 6.10 Å². The van der Waals surface area contributed by atoms with Crippen LogP contribution < -0.4 is 10.4 Å². The molecule has 1 saturated heterocycles. The molecule has 1 N–H and O–H groups in total. The van der Waals surface area contributed by atoms with E-state index < -0.39 is 19.7 Å². The number of hydrogen-bond donors (Lipinski definition) is 1. The highest BCUT2D eigenvalue weighted by atomic mass is 28.4. The van der Waals surface area contributed by atoms with E-state index in [0.717, 1.165) is 38.5 Å². The van der Waals surface area contributed by atoms with Crippen molar-refractivity contribution in [2.45, 2.75) is 135 Å². The van der Waals surface area contributed by atoms with Crippen LogP contribution in [0.3, 0.4) is 0 Å². The van der Waals surface area contributed by atoms with Gasteiger partial charge >= 0.3 is 0 Å². The first-order valence-electron chi connectivity index (χ1n) is 17.5. The Morgan fingerprint density at radius 1 is 0.727 bits per heavy atom. The summed E-state index contributed by atoms with van der Waals surface area (Å²) in [7, 11) is -2.66. The van der Waals surface area contributed by atoms with E-state index in [1.807, 2.05) is 0 Å². The van der Waals surface area contributed by atoms with E-state index in [-0.39, 0.29) is 34.2 Å². The van der Waals surface area contributed by atoms with E-state index in [1.54, 1.807) is 0 Å². The number of hydrogen-bond acceptors (Lipinski definition) is 4. The van der Waals surface area contributed by atoms with Crippen molar-refractivity contribution in [3.63, 3.8) is 0 Å². The summed E-state index contributed by atoms with van der Waals surface area (Å²) in [6.07, 6.45) is 7.86. The van der Waals surface area contributed by atoms with Crippen LogP contribution in [0.25, 0.3) is 0 Å². The average Bonchev–Trinajstić information content (AvgIpc) is 3.43. The molecular weight excluding hydrogens is 561 g/mol. The number of ether oxygens (including phenoxy) is 2. The van der Waals surface area contributed by atoms with Gasteiger partial charge in [0.05, 0.1) is 17.8 Å². The summed E-state index contributed by atoms with van der Waals surface area (Å²) < 4.78 is 21.7. The molecule has 240 valence electrons. The summed E-state index contributed by atoms with van der Waals surface area (Å²) in [6.45, 7) is 18.5. The molecule has 2 aromatic carbocycles. The summed E-state index contributed by atoms with van der Waals surface area (Å²) in [6, 6.07) is 22.2. The third-order valence-corrected chi connectivity index (χ3v) is 18.9. The lowest BCUT2D eigenvalue weighted by atomic mass is 9.43. The molecule has 0 amide bonds. The van der Waals surface area contributed by atoms with Gasteiger partial charge in [-0.05, 0) is 116 Å². The van der Waals surface area contributed by atoms with Crippen LogP contribution in [0.15, 0.2) is 60.7 Å². The predicted octanol–water partition coefficient (Wildman–Crippen LogP) is 7.47. The molecule has 4 nitrogen and oxygen atoms in total. The summed E-state index contributed by atoms with van der Waals surface area (Å²) >= 11 is 0. The third-order valence-electron chi connectivity index (χ3n) is 13.8. The van der Waals surface area contributed by atoms with Crippen LogP contribution >= 0.6 is 0 Å². The zero-order chi connectivity index (χ0) is 31.3. The summed E-state index contributed by atoms with van der Waals surface area (Å²) in [4.78, 5) is 0. The molecule has 0 aromatic heterocycles. The Labute approximate surface area is 267 Å². The first-order chi connectivity index (χ1) is 20.6. The SMILES string of the molecule is CC1(C)O[C@H]2[C@H](O1)[C@H]1C[C@@H](O[Si](c3ccccc3)(c3ccccc3)C(C)(C)C)CC[C@]1(C)[C@H]1CC[C@@]3(C)[C@@H](CC[C@]3(C)O)[C@H]21. The molecule has 5 heteroatoms. The lowest BCUT2D eigenvalue weighted by Gasteiger charge is -2.64. The quantitative estimate of drug-likeness (QED) is 0.362. The van der Waals surface area contributed by atoms with Crippen LogP contribution in [0.4, 0.5) is 0 Å². The largest absolute Gasteiger partial charge is 0.404 e. The zero-order valence-corrected chi connectivity index (χ0v) is 29.4. The predicted molar refractivity (Wildman–Crippen MR) is 179 cm³/mol. The minimum Gasteiger partial charge on any atom is -0.404 e. The Kier molecular flexibility index (Phi) is 7.25. The first-order valence-corrected chi connectivity index (χ1v) is 19.4.